The first kappa shape index (κ1) is 10.3. The number of unbranched alkanes of at least 4 members (excludes halogenated alkanes) is 1. The first-order valence-corrected chi connectivity index (χ1v) is 4.98. The van der Waals surface area contributed by atoms with Crippen molar-refractivity contribution >= 4 is 0 Å². The molecule has 0 saturated carbocycles. The van der Waals surface area contributed by atoms with Crippen molar-refractivity contribution in [3.8, 4) is 0 Å². The molecule has 0 amide bonds. The highest BCUT2D eigenvalue weighted by Crippen LogP contribution is 2.19. The monoisotopic (exact) mass is 178 g/mol. The van der Waals surface area contributed by atoms with Crippen molar-refractivity contribution in [2.45, 2.75) is 39.2 Å². The molecule has 1 aromatic rings. The molecule has 1 N–H and O–H groups in total. The van der Waals surface area contributed by atoms with Gasteiger partial charge in [-0.2, -0.15) is 0 Å². The smallest absolute Gasteiger partial charge is 0.0790 e. The van der Waals surface area contributed by atoms with Gasteiger partial charge in [-0.25, -0.2) is 0 Å². The highest BCUT2D eigenvalue weighted by molar-refractivity contribution is 5.22. The molecule has 0 spiro atoms. The molecule has 1 aromatic carbocycles. The molecule has 0 fully saturated rings. The van der Waals surface area contributed by atoms with Gasteiger partial charge in [0.1, 0.15) is 0 Å². The maximum absolute atomic E-state index is 9.74. The first-order valence-electron chi connectivity index (χ1n) is 4.98. The van der Waals surface area contributed by atoms with E-state index >= 15 is 0 Å². The molecule has 0 bridgehead atoms. The predicted molar refractivity (Wildman–Crippen MR) is 55.7 cm³/mol. The summed E-state index contributed by atoms with van der Waals surface area (Å²) >= 11 is 0. The van der Waals surface area contributed by atoms with Gasteiger partial charge in [0, 0.05) is 0 Å². The first-order chi connectivity index (χ1) is 6.24. The molecule has 1 heteroatoms. The van der Waals surface area contributed by atoms with Crippen LogP contribution in [0, 0.1) is 6.92 Å². The van der Waals surface area contributed by atoms with Crippen LogP contribution in [-0.2, 0) is 0 Å². The predicted octanol–water partition coefficient (Wildman–Crippen LogP) is 3.22. The van der Waals surface area contributed by atoms with E-state index in [1.807, 2.05) is 24.3 Å². The Labute approximate surface area is 80.4 Å². The van der Waals surface area contributed by atoms with Crippen molar-refractivity contribution in [2.24, 2.45) is 0 Å². The lowest BCUT2D eigenvalue weighted by molar-refractivity contribution is 0.164. The molecule has 72 valence electrons. The van der Waals surface area contributed by atoms with E-state index in [1.54, 1.807) is 0 Å². The molecule has 0 unspecified atom stereocenters. The third kappa shape index (κ3) is 3.19. The minimum atomic E-state index is -0.277. The highest BCUT2D eigenvalue weighted by atomic mass is 16.3. The molecule has 0 aliphatic rings. The SMILES string of the molecule is CCCC[C@@H](O)c1ccc(C)cc1. The van der Waals surface area contributed by atoms with Crippen molar-refractivity contribution in [1.82, 2.24) is 0 Å². The Morgan fingerprint density at radius 1 is 1.23 bits per heavy atom. The van der Waals surface area contributed by atoms with Crippen LogP contribution in [0.2, 0.25) is 0 Å². The Morgan fingerprint density at radius 2 is 1.85 bits per heavy atom. The fourth-order valence-electron chi connectivity index (χ4n) is 1.35. The van der Waals surface area contributed by atoms with Crippen LogP contribution in [0.4, 0.5) is 0 Å². The second-order valence-corrected chi connectivity index (χ2v) is 3.57. The van der Waals surface area contributed by atoms with Gasteiger partial charge in [-0.15, -0.1) is 0 Å². The van der Waals surface area contributed by atoms with E-state index in [-0.39, 0.29) is 6.10 Å². The lowest BCUT2D eigenvalue weighted by atomic mass is 10.0. The Kier molecular flexibility index (Phi) is 3.97. The van der Waals surface area contributed by atoms with Crippen molar-refractivity contribution in [3.05, 3.63) is 35.4 Å². The largest absolute Gasteiger partial charge is 0.388 e. The van der Waals surface area contributed by atoms with Crippen LogP contribution in [0.5, 0.6) is 0 Å². The average Bonchev–Trinajstić information content (AvgIpc) is 2.15. The molecular formula is C12H18O. The van der Waals surface area contributed by atoms with E-state index in [9.17, 15) is 5.11 Å². The second-order valence-electron chi connectivity index (χ2n) is 3.57. The van der Waals surface area contributed by atoms with Gasteiger partial charge in [0.2, 0.25) is 0 Å². The van der Waals surface area contributed by atoms with Crippen molar-refractivity contribution in [1.29, 1.82) is 0 Å². The van der Waals surface area contributed by atoms with Crippen LogP contribution in [0.25, 0.3) is 0 Å². The second kappa shape index (κ2) is 5.03. The van der Waals surface area contributed by atoms with E-state index in [4.69, 9.17) is 0 Å². The minimum absolute atomic E-state index is 0.277. The summed E-state index contributed by atoms with van der Waals surface area (Å²) in [6, 6.07) is 8.11. The summed E-state index contributed by atoms with van der Waals surface area (Å²) in [5.74, 6) is 0. The summed E-state index contributed by atoms with van der Waals surface area (Å²) < 4.78 is 0. The standard InChI is InChI=1S/C12H18O/c1-3-4-5-12(13)11-8-6-10(2)7-9-11/h6-9,12-13H,3-5H2,1-2H3/t12-/m1/s1. The zero-order valence-corrected chi connectivity index (χ0v) is 8.46. The summed E-state index contributed by atoms with van der Waals surface area (Å²) in [7, 11) is 0. The van der Waals surface area contributed by atoms with Gasteiger partial charge in [-0.1, -0.05) is 49.6 Å². The van der Waals surface area contributed by atoms with Crippen LogP contribution in [0.1, 0.15) is 43.4 Å². The molecule has 0 aliphatic heterocycles. The van der Waals surface area contributed by atoms with Crippen LogP contribution in [0.3, 0.4) is 0 Å². The van der Waals surface area contributed by atoms with Gasteiger partial charge in [0.25, 0.3) is 0 Å². The maximum atomic E-state index is 9.74. The van der Waals surface area contributed by atoms with E-state index in [0.29, 0.717) is 0 Å². The molecule has 1 nitrogen and oxygen atoms in total. The summed E-state index contributed by atoms with van der Waals surface area (Å²) in [5, 5.41) is 9.74. The molecule has 0 radical (unpaired) electrons. The number of hydrogen-bond donors (Lipinski definition) is 1. The van der Waals surface area contributed by atoms with Crippen molar-refractivity contribution in [3.63, 3.8) is 0 Å². The molecular weight excluding hydrogens is 160 g/mol. The topological polar surface area (TPSA) is 20.2 Å². The summed E-state index contributed by atoms with van der Waals surface area (Å²) in [4.78, 5) is 0. The molecule has 0 aliphatic carbocycles. The zero-order chi connectivity index (χ0) is 9.68. The lowest BCUT2D eigenvalue weighted by Gasteiger charge is -2.09. The molecule has 0 heterocycles. The zero-order valence-electron chi connectivity index (χ0n) is 8.46. The van der Waals surface area contributed by atoms with E-state index in [1.165, 1.54) is 5.56 Å². The normalized spacial score (nSPS) is 12.8. The molecule has 0 aromatic heterocycles. The molecule has 0 saturated heterocycles. The molecule has 1 atom stereocenters. The van der Waals surface area contributed by atoms with Gasteiger partial charge in [0.05, 0.1) is 6.10 Å². The van der Waals surface area contributed by atoms with Crippen LogP contribution >= 0.6 is 0 Å². The number of aliphatic hydroxyl groups is 1. The third-order valence-corrected chi connectivity index (χ3v) is 2.29. The minimum Gasteiger partial charge on any atom is -0.388 e. The fraction of sp³-hybridized carbons (Fsp3) is 0.500. The van der Waals surface area contributed by atoms with E-state index in [2.05, 4.69) is 13.8 Å². The Hall–Kier alpha value is -0.820. The maximum Gasteiger partial charge on any atom is 0.0790 e. The number of aryl methyl sites for hydroxylation is 1. The number of aliphatic hydroxyl groups excluding tert-OH is 1. The van der Waals surface area contributed by atoms with Crippen molar-refractivity contribution < 1.29 is 5.11 Å². The van der Waals surface area contributed by atoms with Crippen molar-refractivity contribution in [2.75, 3.05) is 0 Å². The summed E-state index contributed by atoms with van der Waals surface area (Å²) in [6.45, 7) is 4.20. The van der Waals surface area contributed by atoms with Crippen LogP contribution in [0.15, 0.2) is 24.3 Å². The Bertz CT molecular complexity index is 238. The Morgan fingerprint density at radius 3 is 2.38 bits per heavy atom. The van der Waals surface area contributed by atoms with Gasteiger partial charge in [-0.05, 0) is 18.9 Å². The van der Waals surface area contributed by atoms with E-state index < -0.39 is 0 Å². The highest BCUT2D eigenvalue weighted by Gasteiger charge is 2.05. The number of benzene rings is 1. The third-order valence-electron chi connectivity index (χ3n) is 2.29. The molecule has 1 rings (SSSR count). The quantitative estimate of drug-likeness (QED) is 0.750. The Balaban J connectivity index is 2.55. The number of rotatable bonds is 4. The van der Waals surface area contributed by atoms with Gasteiger partial charge >= 0.3 is 0 Å². The van der Waals surface area contributed by atoms with Gasteiger partial charge in [0.15, 0.2) is 0 Å². The summed E-state index contributed by atoms with van der Waals surface area (Å²) in [5.41, 5.74) is 2.28. The van der Waals surface area contributed by atoms with Crippen LogP contribution < -0.4 is 0 Å². The fourth-order valence-corrected chi connectivity index (χ4v) is 1.35. The summed E-state index contributed by atoms with van der Waals surface area (Å²) in [6.07, 6.45) is 2.83. The van der Waals surface area contributed by atoms with Gasteiger partial charge in [-0.3, -0.25) is 0 Å². The lowest BCUT2D eigenvalue weighted by Crippen LogP contribution is -1.96. The van der Waals surface area contributed by atoms with Gasteiger partial charge < -0.3 is 5.11 Å². The average molecular weight is 178 g/mol. The number of hydrogen-bond acceptors (Lipinski definition) is 1. The van der Waals surface area contributed by atoms with E-state index in [0.717, 1.165) is 24.8 Å². The molecule has 13 heavy (non-hydrogen) atoms. The van der Waals surface area contributed by atoms with Crippen LogP contribution in [-0.4, -0.2) is 5.11 Å².